The summed E-state index contributed by atoms with van der Waals surface area (Å²) in [6, 6.07) is 15.1. The van der Waals surface area contributed by atoms with Crippen LogP contribution in [-0.4, -0.2) is 55.0 Å². The van der Waals surface area contributed by atoms with Crippen LogP contribution in [-0.2, 0) is 19.1 Å². The molecule has 35 heavy (non-hydrogen) atoms. The van der Waals surface area contributed by atoms with E-state index in [0.717, 1.165) is 22.3 Å². The van der Waals surface area contributed by atoms with Crippen molar-refractivity contribution in [3.63, 3.8) is 0 Å². The number of amides is 2. The van der Waals surface area contributed by atoms with E-state index < -0.39 is 18.1 Å². The van der Waals surface area contributed by atoms with Gasteiger partial charge < -0.3 is 25.2 Å². The summed E-state index contributed by atoms with van der Waals surface area (Å²) in [4.78, 5) is 36.6. The summed E-state index contributed by atoms with van der Waals surface area (Å²) in [6.45, 7) is 2.87. The Bertz CT molecular complexity index is 1030. The first kappa shape index (κ1) is 24.7. The van der Waals surface area contributed by atoms with Crippen molar-refractivity contribution in [1.29, 1.82) is 0 Å². The number of nitrogens with one attached hydrogen (secondary N) is 2. The van der Waals surface area contributed by atoms with Crippen LogP contribution >= 0.6 is 0 Å². The monoisotopic (exact) mass is 480 g/mol. The van der Waals surface area contributed by atoms with Crippen molar-refractivity contribution in [2.75, 3.05) is 19.8 Å². The molecule has 1 fully saturated rings. The Labute approximate surface area is 205 Å². The SMILES string of the molecule is CCCC(NC(=O)CC1COCCC1NC(=O)OCC1c2ccccc2-c2ccccc21)C(=O)O. The van der Waals surface area contributed by atoms with Gasteiger partial charge in [-0.1, -0.05) is 61.9 Å². The van der Waals surface area contributed by atoms with E-state index in [1.807, 2.05) is 31.2 Å². The molecule has 186 valence electrons. The van der Waals surface area contributed by atoms with Crippen LogP contribution in [0.1, 0.15) is 49.7 Å². The van der Waals surface area contributed by atoms with Gasteiger partial charge in [0.2, 0.25) is 5.91 Å². The first-order chi connectivity index (χ1) is 17.0. The highest BCUT2D eigenvalue weighted by Gasteiger charge is 2.32. The van der Waals surface area contributed by atoms with Gasteiger partial charge in [0.25, 0.3) is 0 Å². The first-order valence-electron chi connectivity index (χ1n) is 12.2. The molecule has 2 aromatic carbocycles. The number of carboxylic acids is 1. The maximum Gasteiger partial charge on any atom is 0.407 e. The molecule has 0 aromatic heterocycles. The Morgan fingerprint density at radius 2 is 1.74 bits per heavy atom. The van der Waals surface area contributed by atoms with Crippen LogP contribution in [0.2, 0.25) is 0 Å². The quantitative estimate of drug-likeness (QED) is 0.504. The van der Waals surface area contributed by atoms with Crippen LogP contribution in [0.3, 0.4) is 0 Å². The van der Waals surface area contributed by atoms with Gasteiger partial charge in [-0.2, -0.15) is 0 Å². The van der Waals surface area contributed by atoms with E-state index in [2.05, 4.69) is 34.9 Å². The second-order valence-electron chi connectivity index (χ2n) is 9.15. The predicted molar refractivity (Wildman–Crippen MR) is 130 cm³/mol. The fourth-order valence-electron chi connectivity index (χ4n) is 5.02. The molecule has 4 rings (SSSR count). The van der Waals surface area contributed by atoms with E-state index in [-0.39, 0.29) is 36.8 Å². The fourth-order valence-corrected chi connectivity index (χ4v) is 5.02. The molecule has 1 heterocycles. The average molecular weight is 481 g/mol. The van der Waals surface area contributed by atoms with Gasteiger partial charge in [-0.05, 0) is 35.1 Å². The number of hydrogen-bond acceptors (Lipinski definition) is 5. The van der Waals surface area contributed by atoms with Crippen molar-refractivity contribution in [1.82, 2.24) is 10.6 Å². The van der Waals surface area contributed by atoms with Gasteiger partial charge in [-0.25, -0.2) is 9.59 Å². The zero-order valence-electron chi connectivity index (χ0n) is 19.9. The topological polar surface area (TPSA) is 114 Å². The van der Waals surface area contributed by atoms with Crippen LogP contribution in [0, 0.1) is 5.92 Å². The van der Waals surface area contributed by atoms with Crippen molar-refractivity contribution in [2.24, 2.45) is 5.92 Å². The number of aliphatic carboxylic acids is 1. The molecule has 8 nitrogen and oxygen atoms in total. The van der Waals surface area contributed by atoms with Crippen LogP contribution in [0.4, 0.5) is 4.79 Å². The summed E-state index contributed by atoms with van der Waals surface area (Å²) in [7, 11) is 0. The largest absolute Gasteiger partial charge is 0.480 e. The van der Waals surface area contributed by atoms with E-state index in [9.17, 15) is 19.5 Å². The molecule has 0 spiro atoms. The van der Waals surface area contributed by atoms with Crippen LogP contribution < -0.4 is 10.6 Å². The minimum Gasteiger partial charge on any atom is -0.480 e. The molecular weight excluding hydrogens is 448 g/mol. The first-order valence-corrected chi connectivity index (χ1v) is 12.2. The van der Waals surface area contributed by atoms with Crippen molar-refractivity contribution >= 4 is 18.0 Å². The predicted octanol–water partition coefficient (Wildman–Crippen LogP) is 3.69. The van der Waals surface area contributed by atoms with Gasteiger partial charge in [-0.3, -0.25) is 4.79 Å². The van der Waals surface area contributed by atoms with Crippen LogP contribution in [0.25, 0.3) is 11.1 Å². The summed E-state index contributed by atoms with van der Waals surface area (Å²) >= 11 is 0. The number of carboxylic acid groups (broad SMARTS) is 1. The van der Waals surface area contributed by atoms with Gasteiger partial charge in [-0.15, -0.1) is 0 Å². The smallest absolute Gasteiger partial charge is 0.407 e. The molecule has 2 aliphatic rings. The minimum absolute atomic E-state index is 0.0315. The van der Waals surface area contributed by atoms with E-state index in [1.54, 1.807) is 0 Å². The zero-order chi connectivity index (χ0) is 24.8. The fraction of sp³-hybridized carbons (Fsp3) is 0.444. The Kier molecular flexibility index (Phi) is 8.02. The molecule has 1 saturated heterocycles. The standard InChI is InChI=1S/C27H32N2O6/c1-2-7-24(26(31)32)28-25(30)14-17-15-34-13-12-23(17)29-27(33)35-16-22-20-10-5-3-8-18(20)19-9-4-6-11-21(19)22/h3-6,8-11,17,22-24H,2,7,12-16H2,1H3,(H,28,30)(H,29,33)(H,31,32). The number of hydrogen-bond donors (Lipinski definition) is 3. The molecule has 1 aliphatic carbocycles. The number of benzene rings is 2. The highest BCUT2D eigenvalue weighted by Crippen LogP contribution is 2.44. The third-order valence-electron chi connectivity index (χ3n) is 6.78. The van der Waals surface area contributed by atoms with Crippen LogP contribution in [0.15, 0.2) is 48.5 Å². The molecule has 3 atom stereocenters. The normalized spacial score (nSPS) is 19.8. The number of rotatable bonds is 9. The summed E-state index contributed by atoms with van der Waals surface area (Å²) < 4.78 is 11.2. The molecule has 8 heteroatoms. The van der Waals surface area contributed by atoms with Gasteiger partial charge >= 0.3 is 12.1 Å². The maximum absolute atomic E-state index is 12.7. The van der Waals surface area contributed by atoms with E-state index in [4.69, 9.17) is 9.47 Å². The number of alkyl carbamates (subject to hydrolysis) is 1. The van der Waals surface area contributed by atoms with Gasteiger partial charge in [0.15, 0.2) is 0 Å². The molecule has 0 radical (unpaired) electrons. The maximum atomic E-state index is 12.7. The average Bonchev–Trinajstić information content (AvgIpc) is 3.17. The lowest BCUT2D eigenvalue weighted by molar-refractivity contribution is -0.142. The van der Waals surface area contributed by atoms with Crippen molar-refractivity contribution in [3.8, 4) is 11.1 Å². The van der Waals surface area contributed by atoms with E-state index in [0.29, 0.717) is 32.5 Å². The molecule has 3 unspecified atom stereocenters. The van der Waals surface area contributed by atoms with Gasteiger partial charge in [0, 0.05) is 30.9 Å². The second kappa shape index (κ2) is 11.4. The summed E-state index contributed by atoms with van der Waals surface area (Å²) in [6.07, 6.45) is 1.11. The molecule has 2 amide bonds. The molecule has 0 bridgehead atoms. The number of fused-ring (bicyclic) bond motifs is 3. The summed E-state index contributed by atoms with van der Waals surface area (Å²) in [5, 5.41) is 14.8. The third kappa shape index (κ3) is 5.82. The summed E-state index contributed by atoms with van der Waals surface area (Å²) in [5.74, 6) is -1.70. The lowest BCUT2D eigenvalue weighted by Gasteiger charge is -2.32. The van der Waals surface area contributed by atoms with E-state index >= 15 is 0 Å². The Morgan fingerprint density at radius 1 is 1.09 bits per heavy atom. The highest BCUT2D eigenvalue weighted by atomic mass is 16.5. The number of ether oxygens (including phenoxy) is 2. The minimum atomic E-state index is -1.05. The zero-order valence-corrected chi connectivity index (χ0v) is 19.9. The van der Waals surface area contributed by atoms with Gasteiger partial charge in [0.1, 0.15) is 12.6 Å². The Balaban J connectivity index is 1.34. The van der Waals surface area contributed by atoms with Gasteiger partial charge in [0.05, 0.1) is 6.61 Å². The molecule has 3 N–H and O–H groups in total. The molecule has 1 aliphatic heterocycles. The van der Waals surface area contributed by atoms with E-state index in [1.165, 1.54) is 0 Å². The molecule has 2 aromatic rings. The molecular formula is C27H32N2O6. The third-order valence-corrected chi connectivity index (χ3v) is 6.78. The Hall–Kier alpha value is -3.39. The van der Waals surface area contributed by atoms with Crippen molar-refractivity contribution in [2.45, 2.75) is 50.6 Å². The second-order valence-corrected chi connectivity index (χ2v) is 9.15. The highest BCUT2D eigenvalue weighted by molar-refractivity contribution is 5.83. The lowest BCUT2D eigenvalue weighted by atomic mass is 9.92. The lowest BCUT2D eigenvalue weighted by Crippen LogP contribution is -2.48. The van der Waals surface area contributed by atoms with Crippen LogP contribution in [0.5, 0.6) is 0 Å². The molecule has 0 saturated carbocycles. The summed E-state index contributed by atoms with van der Waals surface area (Å²) in [5.41, 5.74) is 4.61. The van der Waals surface area contributed by atoms with Crippen molar-refractivity contribution in [3.05, 3.63) is 59.7 Å². The van der Waals surface area contributed by atoms with Crippen molar-refractivity contribution < 1.29 is 29.0 Å². The number of carbonyl (C=O) groups excluding carboxylic acids is 2. The number of carbonyl (C=O) groups is 3. The Morgan fingerprint density at radius 3 is 2.37 bits per heavy atom.